The third-order valence-corrected chi connectivity index (χ3v) is 2.68. The molecular formula is C15H16. The van der Waals surface area contributed by atoms with E-state index < -0.39 is 0 Å². The Hall–Kier alpha value is -1.56. The number of allylic oxidation sites excluding steroid dienone is 6. The van der Waals surface area contributed by atoms with Crippen LogP contribution in [0, 0.1) is 0 Å². The van der Waals surface area contributed by atoms with Crippen LogP contribution in [-0.4, -0.2) is 0 Å². The Balaban J connectivity index is 0.000000114. The van der Waals surface area contributed by atoms with Crippen molar-refractivity contribution >= 4 is 0 Å². The first-order chi connectivity index (χ1) is 7.38. The molecule has 0 fully saturated rings. The average molecular weight is 196 g/mol. The van der Waals surface area contributed by atoms with E-state index in [1.54, 1.807) is 0 Å². The van der Waals surface area contributed by atoms with Crippen LogP contribution in [0.5, 0.6) is 0 Å². The van der Waals surface area contributed by atoms with Crippen LogP contribution in [0.1, 0.15) is 18.9 Å². The summed E-state index contributed by atoms with van der Waals surface area (Å²) in [5.74, 6) is 0. The van der Waals surface area contributed by atoms with Crippen LogP contribution in [0.15, 0.2) is 65.8 Å². The molecule has 76 valence electrons. The summed E-state index contributed by atoms with van der Waals surface area (Å²) in [5.41, 5.74) is 4.34. The lowest BCUT2D eigenvalue weighted by Gasteiger charge is -1.89. The topological polar surface area (TPSA) is 0 Å². The summed E-state index contributed by atoms with van der Waals surface area (Å²) in [6.45, 7) is 2.16. The van der Waals surface area contributed by atoms with Gasteiger partial charge in [-0.3, -0.25) is 0 Å². The van der Waals surface area contributed by atoms with Crippen LogP contribution in [-0.2, 0) is 6.42 Å². The molecule has 0 nitrogen and oxygen atoms in total. The van der Waals surface area contributed by atoms with Gasteiger partial charge < -0.3 is 0 Å². The van der Waals surface area contributed by atoms with Crippen molar-refractivity contribution in [3.63, 3.8) is 0 Å². The summed E-state index contributed by atoms with van der Waals surface area (Å²) < 4.78 is 0. The van der Waals surface area contributed by atoms with Crippen molar-refractivity contribution in [2.75, 3.05) is 0 Å². The van der Waals surface area contributed by atoms with Crippen molar-refractivity contribution in [2.45, 2.75) is 19.8 Å². The van der Waals surface area contributed by atoms with Gasteiger partial charge in [0.1, 0.15) is 0 Å². The molecule has 1 aromatic carbocycles. The number of hydrogen-bond acceptors (Lipinski definition) is 0. The van der Waals surface area contributed by atoms with E-state index in [2.05, 4.69) is 55.5 Å². The van der Waals surface area contributed by atoms with Crippen LogP contribution in [0.4, 0.5) is 0 Å². The molecule has 1 aromatic rings. The summed E-state index contributed by atoms with van der Waals surface area (Å²) in [4.78, 5) is 0. The highest BCUT2D eigenvalue weighted by Crippen LogP contribution is 2.27. The number of aryl methyl sites for hydroxylation is 1. The van der Waals surface area contributed by atoms with Crippen LogP contribution in [0.2, 0.25) is 0 Å². The van der Waals surface area contributed by atoms with Gasteiger partial charge in [0.15, 0.2) is 0 Å². The van der Waals surface area contributed by atoms with Crippen molar-refractivity contribution in [3.05, 3.63) is 71.3 Å². The minimum Gasteiger partial charge on any atom is -0.0622 e. The molecule has 0 unspecified atom stereocenters. The molecule has 0 heteroatoms. The predicted molar refractivity (Wildman–Crippen MR) is 65.7 cm³/mol. The van der Waals surface area contributed by atoms with Gasteiger partial charge in [0.05, 0.1) is 0 Å². The molecule has 0 saturated carbocycles. The van der Waals surface area contributed by atoms with Gasteiger partial charge in [-0.05, 0) is 29.6 Å². The third-order valence-electron chi connectivity index (χ3n) is 2.68. The molecule has 0 aromatic heterocycles. The van der Waals surface area contributed by atoms with E-state index in [1.165, 1.54) is 23.1 Å². The normalized spacial score (nSPS) is 15.5. The van der Waals surface area contributed by atoms with Crippen LogP contribution in [0.3, 0.4) is 0 Å². The van der Waals surface area contributed by atoms with Crippen LogP contribution < -0.4 is 0 Å². The van der Waals surface area contributed by atoms with E-state index >= 15 is 0 Å². The molecule has 0 radical (unpaired) electrons. The lowest BCUT2D eigenvalue weighted by Crippen LogP contribution is -1.73. The van der Waals surface area contributed by atoms with E-state index in [4.69, 9.17) is 0 Å². The largest absolute Gasteiger partial charge is 0.0622 e. The van der Waals surface area contributed by atoms with E-state index in [-0.39, 0.29) is 0 Å². The minimum atomic E-state index is 1.14. The van der Waals surface area contributed by atoms with Gasteiger partial charge in [-0.2, -0.15) is 0 Å². The molecule has 2 aliphatic rings. The second-order valence-electron chi connectivity index (χ2n) is 3.83. The molecule has 0 saturated heterocycles. The zero-order valence-electron chi connectivity index (χ0n) is 9.11. The molecule has 0 N–H and O–H groups in total. The monoisotopic (exact) mass is 196 g/mol. The third kappa shape index (κ3) is 2.69. The highest BCUT2D eigenvalue weighted by molar-refractivity contribution is 5.49. The first kappa shape index (κ1) is 9.97. The van der Waals surface area contributed by atoms with E-state index in [0.29, 0.717) is 0 Å². The van der Waals surface area contributed by atoms with Gasteiger partial charge >= 0.3 is 0 Å². The van der Waals surface area contributed by atoms with Crippen molar-refractivity contribution in [2.24, 2.45) is 0 Å². The SMILES string of the molecule is C1=CC2=CC=C1C2.CCc1ccccc1. The first-order valence-electron chi connectivity index (χ1n) is 5.50. The summed E-state index contributed by atoms with van der Waals surface area (Å²) >= 11 is 0. The molecule has 0 amide bonds. The Morgan fingerprint density at radius 2 is 1.53 bits per heavy atom. The Morgan fingerprint density at radius 3 is 1.80 bits per heavy atom. The second kappa shape index (κ2) is 4.79. The van der Waals surface area contributed by atoms with E-state index in [1.807, 2.05) is 6.07 Å². The number of hydrogen-bond donors (Lipinski definition) is 0. The molecule has 0 spiro atoms. The predicted octanol–water partition coefficient (Wildman–Crippen LogP) is 4.06. The lowest BCUT2D eigenvalue weighted by molar-refractivity contribution is 1.14. The molecule has 0 atom stereocenters. The maximum Gasteiger partial charge on any atom is -0.00258 e. The van der Waals surface area contributed by atoms with E-state index in [0.717, 1.165) is 6.42 Å². The Labute approximate surface area is 91.6 Å². The van der Waals surface area contributed by atoms with Gasteiger partial charge in [0.25, 0.3) is 0 Å². The Kier molecular flexibility index (Phi) is 3.18. The maximum absolute atomic E-state index is 2.18. The maximum atomic E-state index is 2.18. The van der Waals surface area contributed by atoms with Crippen LogP contribution in [0.25, 0.3) is 0 Å². The number of fused-ring (bicyclic) bond motifs is 2. The Bertz CT molecular complexity index is 385. The van der Waals surface area contributed by atoms with Crippen molar-refractivity contribution < 1.29 is 0 Å². The average Bonchev–Trinajstić information content (AvgIpc) is 2.95. The molecular weight excluding hydrogens is 180 g/mol. The molecule has 15 heavy (non-hydrogen) atoms. The van der Waals surface area contributed by atoms with Gasteiger partial charge in [0.2, 0.25) is 0 Å². The fraction of sp³-hybridized carbons (Fsp3) is 0.200. The van der Waals surface area contributed by atoms with Gasteiger partial charge in [-0.15, -0.1) is 0 Å². The standard InChI is InChI=1S/C8H10.C7H6/c1-2-8-6-4-3-5-7-8;1-2-7-4-3-6(1)5-7/h3-7H,2H2,1H3;1-4H,5H2. The second-order valence-corrected chi connectivity index (χ2v) is 3.83. The zero-order valence-corrected chi connectivity index (χ0v) is 9.11. The quantitative estimate of drug-likeness (QED) is 0.635. The number of benzene rings is 1. The highest BCUT2D eigenvalue weighted by atomic mass is 14.1. The Morgan fingerprint density at radius 1 is 0.933 bits per heavy atom. The van der Waals surface area contributed by atoms with Crippen molar-refractivity contribution in [1.82, 2.24) is 0 Å². The fourth-order valence-corrected chi connectivity index (χ4v) is 1.72. The molecule has 0 aliphatic heterocycles. The minimum absolute atomic E-state index is 1.14. The summed E-state index contributed by atoms with van der Waals surface area (Å²) in [5, 5.41) is 0. The summed E-state index contributed by atoms with van der Waals surface area (Å²) in [6.07, 6.45) is 11.0. The van der Waals surface area contributed by atoms with Gasteiger partial charge in [0, 0.05) is 0 Å². The van der Waals surface area contributed by atoms with E-state index in [9.17, 15) is 0 Å². The molecule has 2 aliphatic carbocycles. The molecule has 2 bridgehead atoms. The van der Waals surface area contributed by atoms with Crippen molar-refractivity contribution in [3.8, 4) is 0 Å². The van der Waals surface area contributed by atoms with Gasteiger partial charge in [-0.25, -0.2) is 0 Å². The van der Waals surface area contributed by atoms with Gasteiger partial charge in [-0.1, -0.05) is 61.6 Å². The molecule has 0 heterocycles. The number of rotatable bonds is 1. The smallest absolute Gasteiger partial charge is 0.00258 e. The zero-order chi connectivity index (χ0) is 10.5. The highest BCUT2D eigenvalue weighted by Gasteiger charge is 2.07. The van der Waals surface area contributed by atoms with Crippen LogP contribution >= 0.6 is 0 Å². The van der Waals surface area contributed by atoms with Crippen molar-refractivity contribution in [1.29, 1.82) is 0 Å². The lowest BCUT2D eigenvalue weighted by atomic mass is 10.2. The summed E-state index contributed by atoms with van der Waals surface area (Å²) in [6, 6.07) is 10.5. The summed E-state index contributed by atoms with van der Waals surface area (Å²) in [7, 11) is 0. The molecule has 3 rings (SSSR count). The fourth-order valence-electron chi connectivity index (χ4n) is 1.72. The first-order valence-corrected chi connectivity index (χ1v) is 5.50.